The number of nitrogens with one attached hydrogen (secondary N) is 1. The second-order valence-electron chi connectivity index (χ2n) is 4.27. The lowest BCUT2D eigenvalue weighted by Gasteiger charge is -2.11. The van der Waals surface area contributed by atoms with E-state index >= 15 is 0 Å². The van der Waals surface area contributed by atoms with Crippen LogP contribution in [0.15, 0.2) is 48.5 Å². The molecular weight excluding hydrogens is 210 g/mol. The highest BCUT2D eigenvalue weighted by molar-refractivity contribution is 5.68. The molecule has 0 radical (unpaired) electrons. The van der Waals surface area contributed by atoms with E-state index in [2.05, 4.69) is 47.8 Å². The lowest BCUT2D eigenvalue weighted by Crippen LogP contribution is -2.03. The van der Waals surface area contributed by atoms with Crippen LogP contribution < -0.4 is 10.1 Å². The van der Waals surface area contributed by atoms with Gasteiger partial charge in [0.2, 0.25) is 0 Å². The first-order valence-electron chi connectivity index (χ1n) is 5.86. The van der Waals surface area contributed by atoms with Crippen LogP contribution in [0.2, 0.25) is 0 Å². The summed E-state index contributed by atoms with van der Waals surface area (Å²) in [6, 6.07) is 16.8. The van der Waals surface area contributed by atoms with Crippen LogP contribution in [0, 0.1) is 0 Å². The summed E-state index contributed by atoms with van der Waals surface area (Å²) in [6.45, 7) is 0.944. The summed E-state index contributed by atoms with van der Waals surface area (Å²) < 4.78 is 5.38. The molecule has 0 aliphatic carbocycles. The van der Waals surface area contributed by atoms with Crippen molar-refractivity contribution >= 4 is 5.69 Å². The molecule has 1 aliphatic heterocycles. The molecule has 0 spiro atoms. The van der Waals surface area contributed by atoms with Crippen molar-refractivity contribution in [1.29, 1.82) is 0 Å². The van der Waals surface area contributed by atoms with Gasteiger partial charge in [-0.15, -0.1) is 0 Å². The van der Waals surface area contributed by atoms with Crippen molar-refractivity contribution in [2.45, 2.75) is 5.92 Å². The van der Waals surface area contributed by atoms with Gasteiger partial charge in [-0.05, 0) is 17.2 Å². The van der Waals surface area contributed by atoms with Crippen LogP contribution in [-0.2, 0) is 0 Å². The summed E-state index contributed by atoms with van der Waals surface area (Å²) in [7, 11) is 1.72. The molecule has 1 heterocycles. The summed E-state index contributed by atoms with van der Waals surface area (Å²) in [4.78, 5) is 0. The fourth-order valence-corrected chi connectivity index (χ4v) is 2.49. The van der Waals surface area contributed by atoms with Crippen molar-refractivity contribution < 1.29 is 4.74 Å². The van der Waals surface area contributed by atoms with Gasteiger partial charge in [0.25, 0.3) is 0 Å². The Kier molecular flexibility index (Phi) is 2.48. The smallest absolute Gasteiger partial charge is 0.142 e. The number of methoxy groups -OCH3 is 1. The van der Waals surface area contributed by atoms with Crippen LogP contribution >= 0.6 is 0 Å². The molecule has 1 unspecified atom stereocenters. The molecule has 17 heavy (non-hydrogen) atoms. The van der Waals surface area contributed by atoms with Gasteiger partial charge in [0.05, 0.1) is 12.8 Å². The minimum absolute atomic E-state index is 0.432. The molecule has 1 aliphatic rings. The lowest BCUT2D eigenvalue weighted by molar-refractivity contribution is 0.416. The molecule has 0 saturated heterocycles. The molecule has 0 saturated carbocycles. The van der Waals surface area contributed by atoms with E-state index in [9.17, 15) is 0 Å². The fraction of sp³-hybridized carbons (Fsp3) is 0.200. The third kappa shape index (κ3) is 1.66. The van der Waals surface area contributed by atoms with Gasteiger partial charge < -0.3 is 10.1 Å². The molecule has 1 N–H and O–H groups in total. The summed E-state index contributed by atoms with van der Waals surface area (Å²) in [6.07, 6.45) is 0. The van der Waals surface area contributed by atoms with E-state index in [1.807, 2.05) is 6.07 Å². The average molecular weight is 225 g/mol. The number of hydrogen-bond acceptors (Lipinski definition) is 2. The van der Waals surface area contributed by atoms with Crippen molar-refractivity contribution in [3.63, 3.8) is 0 Å². The Hall–Kier alpha value is -1.96. The summed E-state index contributed by atoms with van der Waals surface area (Å²) in [5, 5.41) is 3.44. The standard InChI is InChI=1S/C15H15NO/c1-17-14-9-5-8-12-13(10-16-15(12)14)11-6-3-2-4-7-11/h2-9,13,16H,10H2,1H3. The molecule has 0 bridgehead atoms. The van der Waals surface area contributed by atoms with Gasteiger partial charge in [-0.1, -0.05) is 42.5 Å². The minimum atomic E-state index is 0.432. The number of para-hydroxylation sites is 1. The normalized spacial score (nSPS) is 17.4. The van der Waals surface area contributed by atoms with Crippen LogP contribution in [0.4, 0.5) is 5.69 Å². The Morgan fingerprint density at radius 2 is 1.88 bits per heavy atom. The second-order valence-corrected chi connectivity index (χ2v) is 4.27. The van der Waals surface area contributed by atoms with E-state index in [1.54, 1.807) is 7.11 Å². The highest BCUT2D eigenvalue weighted by Gasteiger charge is 2.25. The Labute approximate surface area is 101 Å². The molecule has 0 amide bonds. The van der Waals surface area contributed by atoms with Crippen LogP contribution in [0.25, 0.3) is 0 Å². The molecule has 1 atom stereocenters. The van der Waals surface area contributed by atoms with E-state index in [0.29, 0.717) is 5.92 Å². The second kappa shape index (κ2) is 4.13. The molecule has 0 aromatic heterocycles. The number of fused-ring (bicyclic) bond motifs is 1. The number of benzene rings is 2. The van der Waals surface area contributed by atoms with E-state index < -0.39 is 0 Å². The topological polar surface area (TPSA) is 21.3 Å². The molecule has 2 heteroatoms. The predicted octanol–water partition coefficient (Wildman–Crippen LogP) is 3.25. The SMILES string of the molecule is COc1cccc2c1NCC2c1ccccc1. The van der Waals surface area contributed by atoms with Crippen LogP contribution in [0.5, 0.6) is 5.75 Å². The molecule has 2 nitrogen and oxygen atoms in total. The third-order valence-electron chi connectivity index (χ3n) is 3.34. The first-order valence-corrected chi connectivity index (χ1v) is 5.86. The minimum Gasteiger partial charge on any atom is -0.495 e. The molecule has 3 rings (SSSR count). The van der Waals surface area contributed by atoms with Crippen LogP contribution in [-0.4, -0.2) is 13.7 Å². The molecule has 86 valence electrons. The zero-order valence-corrected chi connectivity index (χ0v) is 9.81. The fourth-order valence-electron chi connectivity index (χ4n) is 2.49. The lowest BCUT2D eigenvalue weighted by atomic mass is 9.93. The maximum atomic E-state index is 5.38. The largest absolute Gasteiger partial charge is 0.495 e. The van der Waals surface area contributed by atoms with Crippen molar-refractivity contribution in [2.75, 3.05) is 19.0 Å². The quantitative estimate of drug-likeness (QED) is 0.847. The summed E-state index contributed by atoms with van der Waals surface area (Å²) in [5.74, 6) is 1.36. The number of ether oxygens (including phenoxy) is 1. The molecule has 2 aromatic carbocycles. The number of rotatable bonds is 2. The first-order chi connectivity index (χ1) is 8.40. The van der Waals surface area contributed by atoms with E-state index in [1.165, 1.54) is 11.1 Å². The maximum absolute atomic E-state index is 5.38. The van der Waals surface area contributed by atoms with Gasteiger partial charge in [0.15, 0.2) is 0 Å². The first kappa shape index (κ1) is 10.2. The highest BCUT2D eigenvalue weighted by Crippen LogP contribution is 2.41. The summed E-state index contributed by atoms with van der Waals surface area (Å²) >= 11 is 0. The van der Waals surface area contributed by atoms with Gasteiger partial charge in [-0.25, -0.2) is 0 Å². The van der Waals surface area contributed by atoms with Crippen molar-refractivity contribution in [3.05, 3.63) is 59.7 Å². The molecule has 0 fully saturated rings. The summed E-state index contributed by atoms with van der Waals surface area (Å²) in [5.41, 5.74) is 3.83. The van der Waals surface area contributed by atoms with Gasteiger partial charge >= 0.3 is 0 Å². The van der Waals surface area contributed by atoms with E-state index in [4.69, 9.17) is 4.74 Å². The van der Waals surface area contributed by atoms with Crippen LogP contribution in [0.1, 0.15) is 17.0 Å². The zero-order valence-electron chi connectivity index (χ0n) is 9.81. The Morgan fingerprint density at radius 1 is 1.06 bits per heavy atom. The maximum Gasteiger partial charge on any atom is 0.142 e. The van der Waals surface area contributed by atoms with Gasteiger partial charge in [0, 0.05) is 12.5 Å². The van der Waals surface area contributed by atoms with E-state index in [-0.39, 0.29) is 0 Å². The Bertz CT molecular complexity index is 522. The average Bonchev–Trinajstić information content (AvgIpc) is 2.83. The van der Waals surface area contributed by atoms with Crippen molar-refractivity contribution in [3.8, 4) is 5.75 Å². The monoisotopic (exact) mass is 225 g/mol. The number of hydrogen-bond donors (Lipinski definition) is 1. The van der Waals surface area contributed by atoms with Gasteiger partial charge in [-0.3, -0.25) is 0 Å². The van der Waals surface area contributed by atoms with Crippen molar-refractivity contribution in [2.24, 2.45) is 0 Å². The number of anilines is 1. The predicted molar refractivity (Wildman–Crippen MR) is 69.8 cm³/mol. The Balaban J connectivity index is 2.05. The van der Waals surface area contributed by atoms with Gasteiger partial charge in [-0.2, -0.15) is 0 Å². The highest BCUT2D eigenvalue weighted by atomic mass is 16.5. The third-order valence-corrected chi connectivity index (χ3v) is 3.34. The van der Waals surface area contributed by atoms with E-state index in [0.717, 1.165) is 18.0 Å². The Morgan fingerprint density at radius 3 is 2.65 bits per heavy atom. The van der Waals surface area contributed by atoms with Gasteiger partial charge in [0.1, 0.15) is 5.75 Å². The van der Waals surface area contributed by atoms with Crippen LogP contribution in [0.3, 0.4) is 0 Å². The molecule has 2 aromatic rings. The zero-order chi connectivity index (χ0) is 11.7. The molecular formula is C15H15NO. The van der Waals surface area contributed by atoms with Crippen molar-refractivity contribution in [1.82, 2.24) is 0 Å².